The first-order chi connectivity index (χ1) is 8.93. The average molecular weight is 270 g/mol. The molecule has 0 fully saturated rings. The lowest BCUT2D eigenvalue weighted by Gasteiger charge is -2.22. The van der Waals surface area contributed by atoms with Gasteiger partial charge in [-0.25, -0.2) is 0 Å². The summed E-state index contributed by atoms with van der Waals surface area (Å²) in [5.41, 5.74) is 5.06. The number of thiol groups is 1. The van der Waals surface area contributed by atoms with Gasteiger partial charge in [-0.3, -0.25) is 0 Å². The molecule has 0 saturated heterocycles. The van der Waals surface area contributed by atoms with Crippen LogP contribution in [0.2, 0.25) is 0 Å². The Morgan fingerprint density at radius 3 is 2.37 bits per heavy atom. The smallest absolute Gasteiger partial charge is 0.423 e. The summed E-state index contributed by atoms with van der Waals surface area (Å²) in [5, 5.41) is 18.8. The van der Waals surface area contributed by atoms with Crippen molar-refractivity contribution in [2.24, 2.45) is 0 Å². The highest BCUT2D eigenvalue weighted by Crippen LogP contribution is 2.48. The summed E-state index contributed by atoms with van der Waals surface area (Å²) in [5.74, 6) is 0. The summed E-state index contributed by atoms with van der Waals surface area (Å²) in [7, 11) is -1.49. The second kappa shape index (κ2) is 4.13. The van der Waals surface area contributed by atoms with Gasteiger partial charge < -0.3 is 10.0 Å². The van der Waals surface area contributed by atoms with Crippen LogP contribution in [0.5, 0.6) is 0 Å². The molecule has 19 heavy (non-hydrogen) atoms. The fraction of sp³-hybridized carbons (Fsp3) is 0.200. The highest BCUT2D eigenvalue weighted by molar-refractivity contribution is 7.80. The second-order valence-electron chi connectivity index (χ2n) is 5.50. The van der Waals surface area contributed by atoms with Crippen LogP contribution in [0, 0.1) is 0 Å². The Kier molecular flexibility index (Phi) is 2.78. The first-order valence-corrected chi connectivity index (χ1v) is 6.71. The van der Waals surface area contributed by atoms with Crippen molar-refractivity contribution < 1.29 is 10.0 Å². The minimum atomic E-state index is -1.49. The molecule has 0 heterocycles. The molecule has 0 aromatic heterocycles. The molecule has 2 aromatic rings. The van der Waals surface area contributed by atoms with Gasteiger partial charge in [0.15, 0.2) is 0 Å². The second-order valence-corrected chi connectivity index (χ2v) is 5.98. The van der Waals surface area contributed by atoms with E-state index in [9.17, 15) is 10.0 Å². The largest absolute Gasteiger partial charge is 0.489 e. The minimum absolute atomic E-state index is 0.0810. The predicted molar refractivity (Wildman–Crippen MR) is 81.1 cm³/mol. The molecule has 0 amide bonds. The van der Waals surface area contributed by atoms with Gasteiger partial charge >= 0.3 is 7.12 Å². The van der Waals surface area contributed by atoms with Crippen LogP contribution in [0.4, 0.5) is 0 Å². The fourth-order valence-electron chi connectivity index (χ4n) is 2.96. The lowest BCUT2D eigenvalue weighted by atomic mass is 9.76. The topological polar surface area (TPSA) is 40.5 Å². The summed E-state index contributed by atoms with van der Waals surface area (Å²) < 4.78 is 0. The Bertz CT molecular complexity index is 665. The molecule has 0 unspecified atom stereocenters. The number of rotatable bonds is 1. The van der Waals surface area contributed by atoms with Gasteiger partial charge in [0.2, 0.25) is 0 Å². The zero-order valence-corrected chi connectivity index (χ0v) is 11.8. The molecule has 2 aromatic carbocycles. The summed E-state index contributed by atoms with van der Waals surface area (Å²) in [6.45, 7) is 4.36. The maximum Gasteiger partial charge on any atom is 0.489 e. The van der Waals surface area contributed by atoms with Crippen LogP contribution in [-0.2, 0) is 5.41 Å². The Labute approximate surface area is 118 Å². The highest BCUT2D eigenvalue weighted by Gasteiger charge is 2.36. The van der Waals surface area contributed by atoms with E-state index >= 15 is 0 Å². The zero-order valence-electron chi connectivity index (χ0n) is 10.9. The van der Waals surface area contributed by atoms with Crippen molar-refractivity contribution in [2.75, 3.05) is 0 Å². The lowest BCUT2D eigenvalue weighted by Crippen LogP contribution is -2.31. The van der Waals surface area contributed by atoms with E-state index in [-0.39, 0.29) is 5.41 Å². The van der Waals surface area contributed by atoms with Crippen LogP contribution in [0.25, 0.3) is 11.1 Å². The molecule has 2 nitrogen and oxygen atoms in total. The number of benzene rings is 2. The van der Waals surface area contributed by atoms with Crippen LogP contribution in [0.3, 0.4) is 0 Å². The number of hydrogen-bond acceptors (Lipinski definition) is 3. The van der Waals surface area contributed by atoms with E-state index in [0.29, 0.717) is 10.4 Å². The van der Waals surface area contributed by atoms with Crippen molar-refractivity contribution in [3.05, 3.63) is 47.5 Å². The summed E-state index contributed by atoms with van der Waals surface area (Å²) >= 11 is 4.37. The van der Waals surface area contributed by atoms with Crippen LogP contribution in [-0.4, -0.2) is 17.2 Å². The van der Waals surface area contributed by atoms with E-state index in [1.807, 2.05) is 24.3 Å². The molecule has 0 spiro atoms. The summed E-state index contributed by atoms with van der Waals surface area (Å²) in [6, 6.07) is 12.0. The summed E-state index contributed by atoms with van der Waals surface area (Å²) in [6.07, 6.45) is 0. The molecule has 3 rings (SSSR count). The molecule has 0 bridgehead atoms. The SMILES string of the molecule is CC1(C)c2ccccc2-c2cc(B(O)O)c(S)cc21. The average Bonchev–Trinajstić information content (AvgIpc) is 2.58. The van der Waals surface area contributed by atoms with Crippen molar-refractivity contribution in [3.63, 3.8) is 0 Å². The first-order valence-electron chi connectivity index (χ1n) is 6.26. The van der Waals surface area contributed by atoms with Crippen LogP contribution in [0.15, 0.2) is 41.3 Å². The molecular weight excluding hydrogens is 255 g/mol. The van der Waals surface area contributed by atoms with E-state index in [0.717, 1.165) is 11.1 Å². The standard InChI is InChI=1S/C15H15BO2S/c1-15(2)11-6-4-3-5-9(11)10-7-13(16(17)18)14(19)8-12(10)15/h3-8,17-19H,1-2H3. The normalized spacial score (nSPS) is 15.0. The van der Waals surface area contributed by atoms with Gasteiger partial charge in [-0.2, -0.15) is 0 Å². The summed E-state index contributed by atoms with van der Waals surface area (Å²) in [4.78, 5) is 0.620. The third-order valence-electron chi connectivity index (χ3n) is 4.01. The first kappa shape index (κ1) is 12.8. The number of fused-ring (bicyclic) bond motifs is 3. The van der Waals surface area contributed by atoms with Gasteiger partial charge in [0.1, 0.15) is 0 Å². The Morgan fingerprint density at radius 2 is 1.68 bits per heavy atom. The van der Waals surface area contributed by atoms with E-state index in [2.05, 4.69) is 38.6 Å². The quantitative estimate of drug-likeness (QED) is 0.547. The molecule has 4 heteroatoms. The van der Waals surface area contributed by atoms with E-state index < -0.39 is 7.12 Å². The molecule has 0 aliphatic heterocycles. The molecule has 1 aliphatic rings. The van der Waals surface area contributed by atoms with Gasteiger partial charge in [0, 0.05) is 10.3 Å². The van der Waals surface area contributed by atoms with Gasteiger partial charge in [-0.1, -0.05) is 44.2 Å². The van der Waals surface area contributed by atoms with Crippen molar-refractivity contribution in [3.8, 4) is 11.1 Å². The molecule has 96 valence electrons. The van der Waals surface area contributed by atoms with E-state index in [1.54, 1.807) is 0 Å². The van der Waals surface area contributed by atoms with Crippen molar-refractivity contribution >= 4 is 25.2 Å². The lowest BCUT2D eigenvalue weighted by molar-refractivity contribution is 0.425. The minimum Gasteiger partial charge on any atom is -0.423 e. The zero-order chi connectivity index (χ0) is 13.8. The van der Waals surface area contributed by atoms with E-state index in [4.69, 9.17) is 0 Å². The maximum atomic E-state index is 9.42. The van der Waals surface area contributed by atoms with Gasteiger partial charge in [-0.15, -0.1) is 12.6 Å². The third kappa shape index (κ3) is 1.75. The van der Waals surface area contributed by atoms with Crippen LogP contribution < -0.4 is 5.46 Å². The van der Waals surface area contributed by atoms with Crippen molar-refractivity contribution in [1.82, 2.24) is 0 Å². The van der Waals surface area contributed by atoms with Gasteiger partial charge in [0.25, 0.3) is 0 Å². The monoisotopic (exact) mass is 270 g/mol. The Morgan fingerprint density at radius 1 is 1.00 bits per heavy atom. The van der Waals surface area contributed by atoms with Crippen molar-refractivity contribution in [2.45, 2.75) is 24.2 Å². The van der Waals surface area contributed by atoms with E-state index in [1.165, 1.54) is 11.1 Å². The highest BCUT2D eigenvalue weighted by atomic mass is 32.1. The Hall–Kier alpha value is -1.23. The maximum absolute atomic E-state index is 9.42. The van der Waals surface area contributed by atoms with Crippen LogP contribution >= 0.6 is 12.6 Å². The van der Waals surface area contributed by atoms with Gasteiger partial charge in [-0.05, 0) is 33.8 Å². The fourth-order valence-corrected chi connectivity index (χ4v) is 3.27. The predicted octanol–water partition coefficient (Wildman–Crippen LogP) is 1.96. The molecule has 1 aliphatic carbocycles. The number of hydrogen-bond donors (Lipinski definition) is 3. The molecule has 0 radical (unpaired) electrons. The van der Waals surface area contributed by atoms with Crippen LogP contribution in [0.1, 0.15) is 25.0 Å². The third-order valence-corrected chi connectivity index (χ3v) is 4.40. The molecular formula is C15H15BO2S. The van der Waals surface area contributed by atoms with Gasteiger partial charge in [0.05, 0.1) is 0 Å². The Balaban J connectivity index is 2.34. The van der Waals surface area contributed by atoms with Crippen molar-refractivity contribution in [1.29, 1.82) is 0 Å². The molecule has 0 atom stereocenters. The molecule has 0 saturated carbocycles. The molecule has 2 N–H and O–H groups in total.